The number of aliphatic hydroxyl groups excluding tert-OH is 3. The van der Waals surface area contributed by atoms with E-state index >= 15 is 0 Å². The summed E-state index contributed by atoms with van der Waals surface area (Å²) in [6.45, 7) is -0.281. The quantitative estimate of drug-likeness (QED) is 0.427. The fraction of sp³-hybridized carbons (Fsp3) is 0.667. The van der Waals surface area contributed by atoms with Crippen molar-refractivity contribution in [3.63, 3.8) is 0 Å². The summed E-state index contributed by atoms with van der Waals surface area (Å²) in [4.78, 5) is 14.4. The standard InChI is InChI=1S/C9H16N4O4/c10-8(17)9-11-5-13(12-9)2-1-6(3-14)7(16)4-15/h5-7,14-16H,1-4H2,(H2,10,17)/t6-,7?/m1/s1. The van der Waals surface area contributed by atoms with Gasteiger partial charge in [0.1, 0.15) is 6.33 Å². The van der Waals surface area contributed by atoms with Crippen LogP contribution in [0.1, 0.15) is 17.0 Å². The molecule has 0 aliphatic rings. The maximum atomic E-state index is 10.7. The highest BCUT2D eigenvalue weighted by Gasteiger charge is 2.17. The summed E-state index contributed by atoms with van der Waals surface area (Å²) in [5.74, 6) is -1.23. The number of carbonyl (C=O) groups excluding carboxylic acids is 1. The second-order valence-electron chi connectivity index (χ2n) is 3.68. The van der Waals surface area contributed by atoms with Crippen LogP contribution in [0.3, 0.4) is 0 Å². The molecule has 8 nitrogen and oxygen atoms in total. The zero-order chi connectivity index (χ0) is 12.8. The third kappa shape index (κ3) is 3.77. The van der Waals surface area contributed by atoms with E-state index in [2.05, 4.69) is 10.1 Å². The average Bonchev–Trinajstić information content (AvgIpc) is 2.78. The number of hydrogen-bond donors (Lipinski definition) is 4. The van der Waals surface area contributed by atoms with Gasteiger partial charge < -0.3 is 21.1 Å². The van der Waals surface area contributed by atoms with E-state index < -0.39 is 24.5 Å². The summed E-state index contributed by atoms with van der Waals surface area (Å²) < 4.78 is 1.40. The summed E-state index contributed by atoms with van der Waals surface area (Å²) in [7, 11) is 0. The molecule has 1 amide bonds. The maximum absolute atomic E-state index is 10.7. The molecule has 0 radical (unpaired) electrons. The molecule has 1 heterocycles. The predicted octanol–water partition coefficient (Wildman–Crippen LogP) is -2.27. The van der Waals surface area contributed by atoms with Crippen LogP contribution in [-0.4, -0.2) is 55.3 Å². The van der Waals surface area contributed by atoms with E-state index in [1.54, 1.807) is 0 Å². The number of nitrogens with two attached hydrogens (primary N) is 1. The average molecular weight is 244 g/mol. The Morgan fingerprint density at radius 2 is 2.18 bits per heavy atom. The lowest BCUT2D eigenvalue weighted by molar-refractivity contribution is 0.0171. The molecule has 1 rings (SSSR count). The molecule has 1 aromatic rings. The molecule has 2 atom stereocenters. The Hall–Kier alpha value is -1.51. The molecule has 0 fully saturated rings. The molecule has 0 bridgehead atoms. The minimum absolute atomic E-state index is 0.0757. The van der Waals surface area contributed by atoms with Gasteiger partial charge >= 0.3 is 0 Å². The van der Waals surface area contributed by atoms with Gasteiger partial charge in [0.25, 0.3) is 5.91 Å². The number of aliphatic hydroxyl groups is 3. The van der Waals surface area contributed by atoms with Crippen molar-refractivity contribution in [1.29, 1.82) is 0 Å². The second-order valence-corrected chi connectivity index (χ2v) is 3.68. The molecule has 0 saturated heterocycles. The van der Waals surface area contributed by atoms with Crippen LogP contribution >= 0.6 is 0 Å². The molecule has 0 aliphatic heterocycles. The van der Waals surface area contributed by atoms with Crippen molar-refractivity contribution in [2.24, 2.45) is 11.7 Å². The highest BCUT2D eigenvalue weighted by atomic mass is 16.3. The Morgan fingerprint density at radius 3 is 2.65 bits per heavy atom. The summed E-state index contributed by atoms with van der Waals surface area (Å²) in [5.41, 5.74) is 4.99. The lowest BCUT2D eigenvalue weighted by Gasteiger charge is -2.18. The minimum atomic E-state index is -0.973. The van der Waals surface area contributed by atoms with Crippen LogP contribution < -0.4 is 5.73 Å². The fourth-order valence-corrected chi connectivity index (χ4v) is 1.37. The molecule has 0 saturated carbocycles. The van der Waals surface area contributed by atoms with Crippen LogP contribution in [0.25, 0.3) is 0 Å². The van der Waals surface area contributed by atoms with Crippen LogP contribution in [0.15, 0.2) is 6.33 Å². The van der Waals surface area contributed by atoms with Crippen LogP contribution in [0.2, 0.25) is 0 Å². The molecule has 0 spiro atoms. The fourth-order valence-electron chi connectivity index (χ4n) is 1.37. The topological polar surface area (TPSA) is 134 Å². The van der Waals surface area contributed by atoms with Crippen molar-refractivity contribution in [3.8, 4) is 0 Å². The van der Waals surface area contributed by atoms with E-state index in [9.17, 15) is 9.90 Å². The zero-order valence-electron chi connectivity index (χ0n) is 9.23. The Bertz CT molecular complexity index is 368. The number of primary amides is 1. The van der Waals surface area contributed by atoms with E-state index in [0.29, 0.717) is 13.0 Å². The molecule has 0 aliphatic carbocycles. The van der Waals surface area contributed by atoms with E-state index in [0.717, 1.165) is 0 Å². The third-order valence-corrected chi connectivity index (χ3v) is 2.45. The smallest absolute Gasteiger partial charge is 0.288 e. The van der Waals surface area contributed by atoms with Gasteiger partial charge in [-0.1, -0.05) is 0 Å². The van der Waals surface area contributed by atoms with Gasteiger partial charge in [-0.3, -0.25) is 9.48 Å². The Morgan fingerprint density at radius 1 is 1.47 bits per heavy atom. The molecular weight excluding hydrogens is 228 g/mol. The SMILES string of the molecule is NC(=O)c1ncn(CC[C@H](CO)C(O)CO)n1. The maximum Gasteiger partial charge on any atom is 0.288 e. The monoisotopic (exact) mass is 244 g/mol. The van der Waals surface area contributed by atoms with Crippen molar-refractivity contribution in [2.45, 2.75) is 19.1 Å². The summed E-state index contributed by atoms with van der Waals surface area (Å²) in [5, 5.41) is 30.9. The second kappa shape index (κ2) is 6.28. The Labute approximate surface area is 97.7 Å². The number of aromatic nitrogens is 3. The summed E-state index contributed by atoms with van der Waals surface area (Å²) in [6.07, 6.45) is 0.777. The van der Waals surface area contributed by atoms with Gasteiger partial charge in [-0.15, -0.1) is 5.10 Å². The van der Waals surface area contributed by atoms with Gasteiger partial charge in [-0.2, -0.15) is 0 Å². The Kier molecular flexibility index (Phi) is 5.01. The van der Waals surface area contributed by atoms with Gasteiger partial charge in [0.15, 0.2) is 0 Å². The van der Waals surface area contributed by atoms with Crippen molar-refractivity contribution in [1.82, 2.24) is 14.8 Å². The lowest BCUT2D eigenvalue weighted by atomic mass is 10.0. The number of hydrogen-bond acceptors (Lipinski definition) is 6. The number of aryl methyl sites for hydroxylation is 1. The number of nitrogens with zero attached hydrogens (tertiary/aromatic N) is 3. The van der Waals surface area contributed by atoms with Crippen molar-refractivity contribution in [3.05, 3.63) is 12.2 Å². The Balaban J connectivity index is 2.50. The van der Waals surface area contributed by atoms with E-state index in [-0.39, 0.29) is 12.4 Å². The highest BCUT2D eigenvalue weighted by Crippen LogP contribution is 2.09. The molecule has 17 heavy (non-hydrogen) atoms. The molecule has 1 unspecified atom stereocenters. The first-order chi connectivity index (χ1) is 8.08. The first kappa shape index (κ1) is 13.6. The number of amides is 1. The highest BCUT2D eigenvalue weighted by molar-refractivity contribution is 5.88. The van der Waals surface area contributed by atoms with Crippen LogP contribution in [-0.2, 0) is 6.54 Å². The minimum Gasteiger partial charge on any atom is -0.396 e. The predicted molar refractivity (Wildman–Crippen MR) is 56.8 cm³/mol. The molecule has 5 N–H and O–H groups in total. The molecule has 0 aromatic carbocycles. The number of rotatable bonds is 7. The van der Waals surface area contributed by atoms with E-state index in [1.807, 2.05) is 0 Å². The third-order valence-electron chi connectivity index (χ3n) is 2.45. The molecule has 96 valence electrons. The van der Waals surface area contributed by atoms with Crippen molar-refractivity contribution >= 4 is 5.91 Å². The first-order valence-electron chi connectivity index (χ1n) is 5.17. The zero-order valence-corrected chi connectivity index (χ0v) is 9.23. The van der Waals surface area contributed by atoms with Gasteiger partial charge in [-0.05, 0) is 6.42 Å². The van der Waals surface area contributed by atoms with Gasteiger partial charge in [0, 0.05) is 19.1 Å². The van der Waals surface area contributed by atoms with E-state index in [4.69, 9.17) is 15.9 Å². The van der Waals surface area contributed by atoms with E-state index in [1.165, 1.54) is 11.0 Å². The van der Waals surface area contributed by atoms with Gasteiger partial charge in [0.2, 0.25) is 5.82 Å². The molecule has 8 heteroatoms. The first-order valence-corrected chi connectivity index (χ1v) is 5.17. The van der Waals surface area contributed by atoms with Gasteiger partial charge in [0.05, 0.1) is 12.7 Å². The van der Waals surface area contributed by atoms with Crippen molar-refractivity contribution < 1.29 is 20.1 Å². The van der Waals surface area contributed by atoms with Crippen molar-refractivity contribution in [2.75, 3.05) is 13.2 Å². The van der Waals surface area contributed by atoms with Crippen LogP contribution in [0.4, 0.5) is 0 Å². The van der Waals surface area contributed by atoms with Crippen LogP contribution in [0.5, 0.6) is 0 Å². The summed E-state index contributed by atoms with van der Waals surface area (Å²) >= 11 is 0. The summed E-state index contributed by atoms with van der Waals surface area (Å²) in [6, 6.07) is 0. The largest absolute Gasteiger partial charge is 0.396 e. The number of carbonyl (C=O) groups is 1. The normalized spacial score (nSPS) is 14.5. The van der Waals surface area contributed by atoms with Crippen LogP contribution in [0, 0.1) is 5.92 Å². The lowest BCUT2D eigenvalue weighted by Crippen LogP contribution is -2.28. The molecule has 1 aromatic heterocycles. The molecular formula is C9H16N4O4. The van der Waals surface area contributed by atoms with Gasteiger partial charge in [-0.25, -0.2) is 4.98 Å².